The van der Waals surface area contributed by atoms with Gasteiger partial charge in [-0.3, -0.25) is 9.88 Å². The summed E-state index contributed by atoms with van der Waals surface area (Å²) in [7, 11) is 0. The first-order valence-corrected chi connectivity index (χ1v) is 18.7. The number of phenols is 1. The van der Waals surface area contributed by atoms with Crippen molar-refractivity contribution >= 4 is 27.5 Å². The van der Waals surface area contributed by atoms with Gasteiger partial charge in [-0.1, -0.05) is 19.9 Å². The number of anilines is 1. The number of likely N-dealkylation sites (tertiary alicyclic amines) is 1. The van der Waals surface area contributed by atoms with Crippen molar-refractivity contribution in [2.75, 3.05) is 44.4 Å². The van der Waals surface area contributed by atoms with E-state index in [-0.39, 0.29) is 65.4 Å². The van der Waals surface area contributed by atoms with Crippen LogP contribution >= 0.6 is 0 Å². The highest BCUT2D eigenvalue weighted by Crippen LogP contribution is 2.42. The second-order valence-electron chi connectivity index (χ2n) is 15.8. The fourth-order valence-electron chi connectivity index (χ4n) is 8.76. The van der Waals surface area contributed by atoms with Gasteiger partial charge >= 0.3 is 6.01 Å². The van der Waals surface area contributed by atoms with Gasteiger partial charge in [-0.25, -0.2) is 8.78 Å². The first-order chi connectivity index (χ1) is 24.8. The van der Waals surface area contributed by atoms with Crippen molar-refractivity contribution in [2.24, 2.45) is 5.41 Å². The van der Waals surface area contributed by atoms with Crippen LogP contribution in [0.15, 0.2) is 30.5 Å². The van der Waals surface area contributed by atoms with Gasteiger partial charge in [0, 0.05) is 35.8 Å². The van der Waals surface area contributed by atoms with E-state index in [1.807, 2.05) is 11.8 Å². The summed E-state index contributed by atoms with van der Waals surface area (Å²) in [4.78, 5) is 18.5. The smallest absolute Gasteiger partial charge is 0.319 e. The fourth-order valence-corrected chi connectivity index (χ4v) is 8.76. The lowest BCUT2D eigenvalue weighted by atomic mass is 9.74. The molecule has 280 valence electrons. The third kappa shape index (κ3) is 7.02. The van der Waals surface area contributed by atoms with E-state index in [1.165, 1.54) is 24.4 Å². The quantitative estimate of drug-likeness (QED) is 0.211. The number of aromatic nitrogens is 3. The maximum Gasteiger partial charge on any atom is 0.319 e. The molecule has 3 aliphatic rings. The number of aryl methyl sites for hydroxylation is 1. The van der Waals surface area contributed by atoms with E-state index in [0.717, 1.165) is 32.2 Å². The van der Waals surface area contributed by atoms with E-state index >= 15 is 8.78 Å². The lowest BCUT2D eigenvalue weighted by Crippen LogP contribution is -2.57. The number of benzene rings is 2. The third-order valence-electron chi connectivity index (χ3n) is 11.5. The van der Waals surface area contributed by atoms with E-state index in [4.69, 9.17) is 19.2 Å². The van der Waals surface area contributed by atoms with Crippen molar-refractivity contribution in [1.29, 1.82) is 0 Å². The van der Waals surface area contributed by atoms with Gasteiger partial charge in [0.1, 0.15) is 34.2 Å². The summed E-state index contributed by atoms with van der Waals surface area (Å²) in [5.74, 6) is -0.874. The van der Waals surface area contributed by atoms with E-state index < -0.39 is 17.2 Å². The lowest BCUT2D eigenvalue weighted by Gasteiger charge is -2.51. The predicted octanol–water partition coefficient (Wildman–Crippen LogP) is 6.80. The van der Waals surface area contributed by atoms with Crippen LogP contribution in [0.1, 0.15) is 72.8 Å². The summed E-state index contributed by atoms with van der Waals surface area (Å²) < 4.78 is 50.4. The van der Waals surface area contributed by atoms with Crippen molar-refractivity contribution in [1.82, 2.24) is 19.9 Å². The van der Waals surface area contributed by atoms with Gasteiger partial charge in [0.15, 0.2) is 5.82 Å². The summed E-state index contributed by atoms with van der Waals surface area (Å²) in [5, 5.41) is 23.1. The number of β-amino-alcohol motifs (C(OH)–C–C–N with tert-alkyl or cyclic N) is 1. The number of rotatable bonds is 7. The Balaban J connectivity index is 1.30. The second-order valence-corrected chi connectivity index (χ2v) is 15.8. The molecule has 2 unspecified atom stereocenters. The molecule has 0 saturated carbocycles. The molecule has 3 saturated heterocycles. The molecule has 0 spiro atoms. The Morgan fingerprint density at radius 3 is 2.58 bits per heavy atom. The standard InChI is InChI=1S/C40H51F2N5O5/c1-7-29-32(41)10-9-26-17-28(48)18-30(33(26)29)35-34(42)36-31(19-43-35)37(46-13-14-50-22-40(6,49)20-46)45-38(44-36)51-21-39(5)11-8-12-47(25(39)4)27-15-23(2)52-24(3)16-27/h9-10,17-19,23-25,27,48-49H,7-8,11-16,20-22H2,1-6H3/t23-,24+,25-,27?,39?,40-/m0/s1. The van der Waals surface area contributed by atoms with Crippen LogP contribution in [0.25, 0.3) is 32.9 Å². The van der Waals surface area contributed by atoms with E-state index in [9.17, 15) is 10.2 Å². The van der Waals surface area contributed by atoms with Crippen molar-refractivity contribution in [3.8, 4) is 23.0 Å². The number of piperidine rings is 1. The molecular weight excluding hydrogens is 668 g/mol. The van der Waals surface area contributed by atoms with E-state index in [0.29, 0.717) is 59.8 Å². The minimum absolute atomic E-state index is 0.0169. The summed E-state index contributed by atoms with van der Waals surface area (Å²) in [6, 6.07) is 6.53. The minimum Gasteiger partial charge on any atom is -0.508 e. The highest BCUT2D eigenvalue weighted by atomic mass is 19.1. The highest BCUT2D eigenvalue weighted by molar-refractivity contribution is 6.01. The summed E-state index contributed by atoms with van der Waals surface area (Å²) in [5.41, 5.74) is -0.838. The Hall–Kier alpha value is -3.71. The number of ether oxygens (including phenoxy) is 3. The molecule has 5 heterocycles. The molecule has 3 aliphatic heterocycles. The van der Waals surface area contributed by atoms with Crippen molar-refractivity contribution in [3.63, 3.8) is 0 Å². The van der Waals surface area contributed by atoms with E-state index in [1.54, 1.807) is 13.0 Å². The van der Waals surface area contributed by atoms with Crippen LogP contribution in [0.3, 0.4) is 0 Å². The number of aromatic hydroxyl groups is 1. The molecule has 0 aliphatic carbocycles. The van der Waals surface area contributed by atoms with Crippen LogP contribution in [-0.2, 0) is 15.9 Å². The predicted molar refractivity (Wildman–Crippen MR) is 197 cm³/mol. The van der Waals surface area contributed by atoms with Crippen LogP contribution in [0, 0.1) is 17.0 Å². The monoisotopic (exact) mass is 719 g/mol. The molecule has 10 nitrogen and oxygen atoms in total. The van der Waals surface area contributed by atoms with Crippen molar-refractivity contribution in [3.05, 3.63) is 47.7 Å². The summed E-state index contributed by atoms with van der Waals surface area (Å²) >= 11 is 0. The van der Waals surface area contributed by atoms with Crippen molar-refractivity contribution < 1.29 is 33.2 Å². The Labute approximate surface area is 304 Å². The molecule has 2 aromatic heterocycles. The average Bonchev–Trinajstić information content (AvgIpc) is 3.28. The molecule has 52 heavy (non-hydrogen) atoms. The minimum atomic E-state index is -1.19. The van der Waals surface area contributed by atoms with Gasteiger partial charge in [-0.15, -0.1) is 0 Å². The molecule has 3 fully saturated rings. The van der Waals surface area contributed by atoms with Crippen LogP contribution in [-0.4, -0.2) is 99.4 Å². The SMILES string of the molecule is CCc1c(F)ccc2cc(O)cc(-c3ncc4c(N5CCOC[C@@](C)(O)C5)nc(OCC5(C)CCCN(C6C[C@@H](C)O[C@@H](C)C6)[C@H]5C)nc4c3F)c12. The van der Waals surface area contributed by atoms with Gasteiger partial charge in [0.25, 0.3) is 0 Å². The zero-order chi connectivity index (χ0) is 36.9. The number of pyridine rings is 1. The summed E-state index contributed by atoms with van der Waals surface area (Å²) in [6.45, 7) is 14.7. The molecule has 7 rings (SSSR count). The molecule has 12 heteroatoms. The van der Waals surface area contributed by atoms with Gasteiger partial charge in [-0.05, 0) is 101 Å². The molecular formula is C40H51F2N5O5. The molecule has 0 amide bonds. The maximum atomic E-state index is 17.1. The largest absolute Gasteiger partial charge is 0.508 e. The van der Waals surface area contributed by atoms with Crippen LogP contribution in [0.2, 0.25) is 0 Å². The zero-order valence-electron chi connectivity index (χ0n) is 31.1. The van der Waals surface area contributed by atoms with E-state index in [2.05, 4.69) is 42.6 Å². The number of aliphatic hydroxyl groups is 1. The first-order valence-electron chi connectivity index (χ1n) is 18.7. The maximum absolute atomic E-state index is 17.1. The molecule has 2 N–H and O–H groups in total. The van der Waals surface area contributed by atoms with Crippen molar-refractivity contribution in [2.45, 2.75) is 104 Å². The average molecular weight is 720 g/mol. The first kappa shape index (κ1) is 36.6. The van der Waals surface area contributed by atoms with Crippen LogP contribution in [0.4, 0.5) is 14.6 Å². The van der Waals surface area contributed by atoms with Crippen LogP contribution in [0.5, 0.6) is 11.8 Å². The number of phenolic OH excluding ortho intramolecular Hbond substituents is 1. The highest BCUT2D eigenvalue weighted by Gasteiger charge is 2.43. The number of hydrogen-bond acceptors (Lipinski definition) is 10. The second kappa shape index (κ2) is 14.3. The Morgan fingerprint density at radius 1 is 1.06 bits per heavy atom. The molecule has 0 radical (unpaired) electrons. The molecule has 4 aromatic rings. The normalized spacial score (nSPS) is 29.1. The topological polar surface area (TPSA) is 113 Å². The fraction of sp³-hybridized carbons (Fsp3) is 0.575. The third-order valence-corrected chi connectivity index (χ3v) is 11.5. The number of halogens is 2. The Morgan fingerprint density at radius 2 is 1.83 bits per heavy atom. The molecule has 6 atom stereocenters. The van der Waals surface area contributed by atoms with Gasteiger partial charge in [0.2, 0.25) is 0 Å². The number of hydrogen-bond donors (Lipinski definition) is 2. The zero-order valence-corrected chi connectivity index (χ0v) is 31.1. The van der Waals surface area contributed by atoms with Gasteiger partial charge in [0.05, 0.1) is 44.0 Å². The molecule has 2 aromatic carbocycles. The Bertz CT molecular complexity index is 1950. The van der Waals surface area contributed by atoms with Crippen LogP contribution < -0.4 is 9.64 Å². The van der Waals surface area contributed by atoms with Gasteiger partial charge in [-0.2, -0.15) is 9.97 Å². The number of fused-ring (bicyclic) bond motifs is 2. The lowest BCUT2D eigenvalue weighted by molar-refractivity contribution is -0.0967. The van der Waals surface area contributed by atoms with Gasteiger partial charge < -0.3 is 29.3 Å². The number of nitrogens with zero attached hydrogens (tertiary/aromatic N) is 5. The Kier molecular flexibility index (Phi) is 10.0. The molecule has 0 bridgehead atoms. The summed E-state index contributed by atoms with van der Waals surface area (Å²) in [6.07, 6.45) is 6.24.